The lowest BCUT2D eigenvalue weighted by molar-refractivity contribution is 0.0938. The van der Waals surface area contributed by atoms with Crippen molar-refractivity contribution in [3.05, 3.63) is 18.1 Å². The van der Waals surface area contributed by atoms with E-state index in [1.54, 1.807) is 12.4 Å². The number of carbonyl (C=O) groups excluding carboxylic acids is 1. The number of aromatic nitrogens is 2. The minimum absolute atomic E-state index is 0.101. The molecule has 2 aliphatic rings. The van der Waals surface area contributed by atoms with E-state index in [9.17, 15) is 4.79 Å². The summed E-state index contributed by atoms with van der Waals surface area (Å²) in [5.74, 6) is 3.01. The van der Waals surface area contributed by atoms with Crippen molar-refractivity contribution < 1.29 is 4.79 Å². The highest BCUT2D eigenvalue weighted by Gasteiger charge is 2.41. The Bertz CT molecular complexity index is 468. The van der Waals surface area contributed by atoms with Crippen LogP contribution in [-0.4, -0.2) is 29.0 Å². The number of hydrogen-bond donors (Lipinski definition) is 2. The van der Waals surface area contributed by atoms with Gasteiger partial charge in [0, 0.05) is 13.1 Å². The third kappa shape index (κ3) is 3.93. The molecule has 2 aliphatic carbocycles. The predicted octanol–water partition coefficient (Wildman–Crippen LogP) is 2.46. The number of nitrogens with zero attached hydrogens (tertiary/aromatic N) is 2. The van der Waals surface area contributed by atoms with Gasteiger partial charge in [0.15, 0.2) is 0 Å². The summed E-state index contributed by atoms with van der Waals surface area (Å²) in [5, 5.41) is 6.19. The maximum absolute atomic E-state index is 12.1. The van der Waals surface area contributed by atoms with Crippen LogP contribution in [0.5, 0.6) is 0 Å². The minimum atomic E-state index is -0.101. The summed E-state index contributed by atoms with van der Waals surface area (Å²) in [6.45, 7) is 3.76. The van der Waals surface area contributed by atoms with Crippen LogP contribution in [-0.2, 0) is 0 Å². The van der Waals surface area contributed by atoms with Crippen molar-refractivity contribution in [2.75, 3.05) is 18.4 Å². The predicted molar refractivity (Wildman–Crippen MR) is 82.1 cm³/mol. The Morgan fingerprint density at radius 2 is 1.95 bits per heavy atom. The summed E-state index contributed by atoms with van der Waals surface area (Å²) in [5.41, 5.74) is 0.405. The van der Waals surface area contributed by atoms with Crippen LogP contribution >= 0.6 is 0 Å². The molecule has 21 heavy (non-hydrogen) atoms. The lowest BCUT2D eigenvalue weighted by Crippen LogP contribution is -2.31. The molecular weight excluding hydrogens is 264 g/mol. The average Bonchev–Trinajstić information content (AvgIpc) is 3.38. The van der Waals surface area contributed by atoms with E-state index in [0.29, 0.717) is 11.6 Å². The molecule has 2 saturated carbocycles. The highest BCUT2D eigenvalue weighted by Crippen LogP contribution is 2.48. The van der Waals surface area contributed by atoms with Crippen LogP contribution in [0.4, 0.5) is 5.82 Å². The second-order valence-corrected chi connectivity index (χ2v) is 6.26. The molecule has 0 saturated heterocycles. The maximum atomic E-state index is 12.1. The Morgan fingerprint density at radius 3 is 2.48 bits per heavy atom. The largest absolute Gasteiger partial charge is 0.369 e. The van der Waals surface area contributed by atoms with Crippen LogP contribution in [0.15, 0.2) is 12.4 Å². The van der Waals surface area contributed by atoms with Gasteiger partial charge in [-0.3, -0.25) is 4.79 Å². The molecule has 2 N–H and O–H groups in total. The molecule has 1 amide bonds. The number of rotatable bonds is 8. The van der Waals surface area contributed by atoms with E-state index >= 15 is 0 Å². The SMILES string of the molecule is CCCNc1cnc(C(=O)NCC(C2CC2)C2CC2)cn1. The van der Waals surface area contributed by atoms with Gasteiger partial charge >= 0.3 is 0 Å². The Morgan fingerprint density at radius 1 is 1.24 bits per heavy atom. The Hall–Kier alpha value is -1.65. The summed E-state index contributed by atoms with van der Waals surface area (Å²) >= 11 is 0. The number of amides is 1. The van der Waals surface area contributed by atoms with E-state index in [0.717, 1.165) is 37.2 Å². The Kier molecular flexibility index (Phi) is 4.36. The zero-order valence-corrected chi connectivity index (χ0v) is 12.6. The minimum Gasteiger partial charge on any atom is -0.369 e. The van der Waals surface area contributed by atoms with Gasteiger partial charge in [-0.1, -0.05) is 6.92 Å². The topological polar surface area (TPSA) is 66.9 Å². The van der Waals surface area contributed by atoms with Crippen LogP contribution in [0.2, 0.25) is 0 Å². The number of carbonyl (C=O) groups is 1. The fourth-order valence-electron chi connectivity index (χ4n) is 2.86. The number of nitrogens with one attached hydrogen (secondary N) is 2. The summed E-state index contributed by atoms with van der Waals surface area (Å²) in [7, 11) is 0. The zero-order valence-electron chi connectivity index (χ0n) is 12.6. The van der Waals surface area contributed by atoms with E-state index in [-0.39, 0.29) is 5.91 Å². The molecule has 1 heterocycles. The first-order valence-corrected chi connectivity index (χ1v) is 8.12. The van der Waals surface area contributed by atoms with Gasteiger partial charge in [0.2, 0.25) is 0 Å². The van der Waals surface area contributed by atoms with Crippen molar-refractivity contribution in [2.24, 2.45) is 17.8 Å². The molecular formula is C16H24N4O. The second-order valence-electron chi connectivity index (χ2n) is 6.26. The van der Waals surface area contributed by atoms with E-state index in [4.69, 9.17) is 0 Å². The van der Waals surface area contributed by atoms with Crippen molar-refractivity contribution >= 4 is 11.7 Å². The van der Waals surface area contributed by atoms with E-state index in [1.807, 2.05) is 0 Å². The lowest BCUT2D eigenvalue weighted by Gasteiger charge is -2.15. The molecule has 0 atom stereocenters. The van der Waals surface area contributed by atoms with Crippen molar-refractivity contribution in [3.8, 4) is 0 Å². The standard InChI is InChI=1S/C16H24N4O/c1-2-7-17-15-10-18-14(9-19-15)16(21)20-8-13(11-3-4-11)12-5-6-12/h9-13H,2-8H2,1H3,(H,17,19)(H,20,21). The normalized spacial score (nSPS) is 17.8. The van der Waals surface area contributed by atoms with Crippen LogP contribution in [0.25, 0.3) is 0 Å². The quantitative estimate of drug-likeness (QED) is 0.771. The van der Waals surface area contributed by atoms with Crippen molar-refractivity contribution in [1.29, 1.82) is 0 Å². The van der Waals surface area contributed by atoms with E-state index in [2.05, 4.69) is 27.5 Å². The molecule has 0 unspecified atom stereocenters. The van der Waals surface area contributed by atoms with Gasteiger partial charge in [-0.25, -0.2) is 9.97 Å². The van der Waals surface area contributed by atoms with Gasteiger partial charge in [-0.15, -0.1) is 0 Å². The first-order valence-electron chi connectivity index (χ1n) is 8.12. The summed E-state index contributed by atoms with van der Waals surface area (Å²) < 4.78 is 0. The monoisotopic (exact) mass is 288 g/mol. The van der Waals surface area contributed by atoms with Crippen molar-refractivity contribution in [1.82, 2.24) is 15.3 Å². The van der Waals surface area contributed by atoms with Crippen LogP contribution in [0.3, 0.4) is 0 Å². The lowest BCUT2D eigenvalue weighted by atomic mass is 9.98. The summed E-state index contributed by atoms with van der Waals surface area (Å²) in [6.07, 6.45) is 9.58. The van der Waals surface area contributed by atoms with Gasteiger partial charge in [-0.05, 0) is 49.9 Å². The van der Waals surface area contributed by atoms with E-state index < -0.39 is 0 Å². The molecule has 0 aliphatic heterocycles. The third-order valence-electron chi connectivity index (χ3n) is 4.39. The summed E-state index contributed by atoms with van der Waals surface area (Å²) in [6, 6.07) is 0. The zero-order chi connectivity index (χ0) is 14.7. The van der Waals surface area contributed by atoms with Gasteiger partial charge in [0.1, 0.15) is 11.5 Å². The first-order chi connectivity index (χ1) is 10.3. The molecule has 2 fully saturated rings. The van der Waals surface area contributed by atoms with Crippen molar-refractivity contribution in [2.45, 2.75) is 39.0 Å². The first kappa shape index (κ1) is 14.3. The van der Waals surface area contributed by atoms with Crippen LogP contribution < -0.4 is 10.6 Å². The Balaban J connectivity index is 1.50. The highest BCUT2D eigenvalue weighted by atomic mass is 16.1. The molecule has 3 rings (SSSR count). The van der Waals surface area contributed by atoms with E-state index in [1.165, 1.54) is 25.7 Å². The molecule has 1 aromatic heterocycles. The second kappa shape index (κ2) is 6.41. The van der Waals surface area contributed by atoms with Gasteiger partial charge in [0.25, 0.3) is 5.91 Å². The fraction of sp³-hybridized carbons (Fsp3) is 0.688. The molecule has 114 valence electrons. The summed E-state index contributed by atoms with van der Waals surface area (Å²) in [4.78, 5) is 20.5. The molecule has 5 nitrogen and oxygen atoms in total. The smallest absolute Gasteiger partial charge is 0.271 e. The highest BCUT2D eigenvalue weighted by molar-refractivity contribution is 5.92. The van der Waals surface area contributed by atoms with Crippen LogP contribution in [0, 0.1) is 17.8 Å². The molecule has 5 heteroatoms. The molecule has 0 aromatic carbocycles. The van der Waals surface area contributed by atoms with Gasteiger partial charge in [-0.2, -0.15) is 0 Å². The van der Waals surface area contributed by atoms with Gasteiger partial charge < -0.3 is 10.6 Å². The molecule has 0 spiro atoms. The number of anilines is 1. The molecule has 1 aromatic rings. The molecule has 0 bridgehead atoms. The average molecular weight is 288 g/mol. The van der Waals surface area contributed by atoms with Crippen molar-refractivity contribution in [3.63, 3.8) is 0 Å². The fourth-order valence-corrected chi connectivity index (χ4v) is 2.86. The number of hydrogen-bond acceptors (Lipinski definition) is 4. The van der Waals surface area contributed by atoms with Crippen LogP contribution in [0.1, 0.15) is 49.5 Å². The maximum Gasteiger partial charge on any atom is 0.271 e. The molecule has 0 radical (unpaired) electrons. The Labute approximate surface area is 125 Å². The third-order valence-corrected chi connectivity index (χ3v) is 4.39. The van der Waals surface area contributed by atoms with Gasteiger partial charge in [0.05, 0.1) is 12.4 Å².